The maximum absolute atomic E-state index is 9.28. The standard InChI is InChI=1S/C22H50N2OSi.C14H32N2.C3H6O2/c1-22(2,3)26(4,5)25-21-20-24-19-17-15-13-11-9-7-6-8-10-12-14-16-18-23;15-13-11-9-7-5-3-1-2-4-6-8-10-12-14-16;1-5-3-2-4/h24H,6-21,23H2,1-5H3;1-16H2;2H,3H2,1H3. The molecule has 0 bridgehead atoms. The minimum Gasteiger partial charge on any atom is -0.416 e. The third kappa shape index (κ3) is 45.6. The first kappa shape index (κ1) is 51.0. The van der Waals surface area contributed by atoms with Crippen LogP contribution >= 0.6 is 0 Å². The lowest BCUT2D eigenvalue weighted by Gasteiger charge is -2.36. The second-order valence-electron chi connectivity index (χ2n) is 14.8. The van der Waals surface area contributed by atoms with Crippen LogP contribution in [0.4, 0.5) is 0 Å². The SMILES string of the molecule is CC(C)(C)[Si](C)(C)OCCNCCCCCCCCCCCCCCN.COCC=O.NCCCCCCCCCCCCCCN. The zero-order valence-corrected chi connectivity index (χ0v) is 34.0. The van der Waals surface area contributed by atoms with Gasteiger partial charge in [0.05, 0.1) is 0 Å². The van der Waals surface area contributed by atoms with Crippen molar-refractivity contribution in [3.63, 3.8) is 0 Å². The quantitative estimate of drug-likeness (QED) is 0.0307. The largest absolute Gasteiger partial charge is 0.416 e. The molecule has 0 aromatic heterocycles. The first-order valence-corrected chi connectivity index (χ1v) is 22.9. The number of carbonyl (C=O) groups excluding carboxylic acids is 1. The molecule has 7 nitrogen and oxygen atoms in total. The van der Waals surface area contributed by atoms with Crippen molar-refractivity contribution < 1.29 is 14.0 Å². The highest BCUT2D eigenvalue weighted by Gasteiger charge is 2.36. The average molecular weight is 689 g/mol. The smallest absolute Gasteiger partial charge is 0.192 e. The summed E-state index contributed by atoms with van der Waals surface area (Å²) >= 11 is 0. The predicted octanol–water partition coefficient (Wildman–Crippen LogP) is 9.65. The Morgan fingerprint density at radius 2 is 0.830 bits per heavy atom. The highest BCUT2D eigenvalue weighted by atomic mass is 28.4. The third-order valence-corrected chi connectivity index (χ3v) is 13.8. The van der Waals surface area contributed by atoms with Crippen molar-refractivity contribution in [1.82, 2.24) is 5.32 Å². The minimum atomic E-state index is -1.56. The van der Waals surface area contributed by atoms with E-state index in [0.717, 1.165) is 39.3 Å². The fourth-order valence-electron chi connectivity index (χ4n) is 5.01. The number of nitrogens with two attached hydrogens (primary N) is 3. The molecule has 0 amide bonds. The van der Waals surface area contributed by atoms with Crippen LogP contribution in [0.2, 0.25) is 18.1 Å². The Balaban J connectivity index is -0.000000779. The van der Waals surface area contributed by atoms with E-state index in [9.17, 15) is 4.79 Å². The molecule has 0 aromatic rings. The molecule has 7 N–H and O–H groups in total. The molecule has 0 radical (unpaired) electrons. The van der Waals surface area contributed by atoms with Crippen LogP contribution in [-0.4, -0.2) is 67.7 Å². The summed E-state index contributed by atoms with van der Waals surface area (Å²) in [5, 5.41) is 3.86. The fraction of sp³-hybridized carbons (Fsp3) is 0.974. The van der Waals surface area contributed by atoms with Crippen LogP contribution in [0.3, 0.4) is 0 Å². The highest BCUT2D eigenvalue weighted by Crippen LogP contribution is 2.36. The molecular formula is C39H88N4O3Si. The Bertz CT molecular complexity index is 563. The number of unbranched alkanes of at least 4 members (excludes halogenated alkanes) is 22. The molecule has 0 aliphatic heterocycles. The fourth-order valence-corrected chi connectivity index (χ4v) is 6.05. The van der Waals surface area contributed by atoms with Crippen LogP contribution in [0.1, 0.15) is 175 Å². The van der Waals surface area contributed by atoms with Gasteiger partial charge in [0.15, 0.2) is 8.32 Å². The summed E-state index contributed by atoms with van der Waals surface area (Å²) in [7, 11) is -0.0783. The van der Waals surface area contributed by atoms with Crippen molar-refractivity contribution in [1.29, 1.82) is 0 Å². The van der Waals surface area contributed by atoms with Gasteiger partial charge in [-0.25, -0.2) is 0 Å². The lowest BCUT2D eigenvalue weighted by atomic mass is 10.1. The van der Waals surface area contributed by atoms with Crippen LogP contribution in [0.25, 0.3) is 0 Å². The molecule has 286 valence electrons. The van der Waals surface area contributed by atoms with Crippen molar-refractivity contribution in [3.8, 4) is 0 Å². The lowest BCUT2D eigenvalue weighted by molar-refractivity contribution is -0.110. The normalized spacial score (nSPS) is 11.5. The van der Waals surface area contributed by atoms with Gasteiger partial charge in [-0.1, -0.05) is 149 Å². The Morgan fingerprint density at radius 3 is 1.06 bits per heavy atom. The summed E-state index contributed by atoms with van der Waals surface area (Å²) in [6.07, 6.45) is 33.6. The summed E-state index contributed by atoms with van der Waals surface area (Å²) in [5.74, 6) is 0. The van der Waals surface area contributed by atoms with E-state index >= 15 is 0 Å². The molecular weight excluding hydrogens is 601 g/mol. The van der Waals surface area contributed by atoms with Gasteiger partial charge in [-0.05, 0) is 70.0 Å². The maximum Gasteiger partial charge on any atom is 0.192 e. The van der Waals surface area contributed by atoms with Gasteiger partial charge in [0.1, 0.15) is 12.9 Å². The highest BCUT2D eigenvalue weighted by molar-refractivity contribution is 6.74. The van der Waals surface area contributed by atoms with E-state index in [2.05, 4.69) is 43.9 Å². The van der Waals surface area contributed by atoms with Crippen LogP contribution in [0.15, 0.2) is 0 Å². The Hall–Kier alpha value is -0.353. The molecule has 0 fully saturated rings. The van der Waals surface area contributed by atoms with E-state index in [1.54, 1.807) is 0 Å². The molecule has 0 rings (SSSR count). The monoisotopic (exact) mass is 689 g/mol. The summed E-state index contributed by atoms with van der Waals surface area (Å²) in [5.41, 5.74) is 16.4. The van der Waals surface area contributed by atoms with Crippen molar-refractivity contribution in [2.45, 2.75) is 193 Å². The Labute approximate surface area is 296 Å². The summed E-state index contributed by atoms with van der Waals surface area (Å²) in [6.45, 7) is 17.4. The van der Waals surface area contributed by atoms with Gasteiger partial charge < -0.3 is 36.5 Å². The number of hydrogen-bond acceptors (Lipinski definition) is 7. The van der Waals surface area contributed by atoms with E-state index in [0.29, 0.717) is 11.3 Å². The van der Waals surface area contributed by atoms with Crippen molar-refractivity contribution in [3.05, 3.63) is 0 Å². The van der Waals surface area contributed by atoms with Gasteiger partial charge in [0, 0.05) is 20.3 Å². The van der Waals surface area contributed by atoms with Crippen LogP contribution in [0.5, 0.6) is 0 Å². The van der Waals surface area contributed by atoms with Crippen molar-refractivity contribution in [2.24, 2.45) is 17.2 Å². The lowest BCUT2D eigenvalue weighted by Crippen LogP contribution is -2.42. The molecule has 47 heavy (non-hydrogen) atoms. The number of ether oxygens (including phenoxy) is 1. The summed E-state index contributed by atoms with van der Waals surface area (Å²) < 4.78 is 10.5. The molecule has 0 heterocycles. The van der Waals surface area contributed by atoms with Gasteiger partial charge in [-0.3, -0.25) is 0 Å². The van der Waals surface area contributed by atoms with Crippen LogP contribution in [-0.2, 0) is 14.0 Å². The molecule has 8 heteroatoms. The first-order chi connectivity index (χ1) is 22.6. The number of methoxy groups -OCH3 is 1. The third-order valence-electron chi connectivity index (χ3n) is 9.25. The van der Waals surface area contributed by atoms with Crippen molar-refractivity contribution in [2.75, 3.05) is 53.0 Å². The molecule has 0 aliphatic carbocycles. The predicted molar refractivity (Wildman–Crippen MR) is 212 cm³/mol. The van der Waals surface area contributed by atoms with Gasteiger partial charge in [0.2, 0.25) is 0 Å². The molecule has 0 saturated heterocycles. The second-order valence-corrected chi connectivity index (χ2v) is 19.6. The van der Waals surface area contributed by atoms with Crippen LogP contribution in [0, 0.1) is 0 Å². The zero-order chi connectivity index (χ0) is 35.7. The molecule has 0 saturated carbocycles. The van der Waals surface area contributed by atoms with Gasteiger partial charge in [0.25, 0.3) is 0 Å². The van der Waals surface area contributed by atoms with E-state index in [-0.39, 0.29) is 6.61 Å². The number of nitrogens with one attached hydrogen (secondary N) is 1. The molecule has 0 atom stereocenters. The van der Waals surface area contributed by atoms with E-state index in [1.165, 1.54) is 161 Å². The molecule has 0 aromatic carbocycles. The van der Waals surface area contributed by atoms with Crippen molar-refractivity contribution >= 4 is 14.6 Å². The van der Waals surface area contributed by atoms with E-state index in [4.69, 9.17) is 21.6 Å². The molecule has 0 aliphatic rings. The van der Waals surface area contributed by atoms with Gasteiger partial charge >= 0.3 is 0 Å². The zero-order valence-electron chi connectivity index (χ0n) is 33.0. The molecule has 0 spiro atoms. The molecule has 0 unspecified atom stereocenters. The van der Waals surface area contributed by atoms with Crippen LogP contribution < -0.4 is 22.5 Å². The minimum absolute atomic E-state index is 0.208. The number of rotatable bonds is 33. The topological polar surface area (TPSA) is 126 Å². The Morgan fingerprint density at radius 1 is 0.532 bits per heavy atom. The first-order valence-electron chi connectivity index (χ1n) is 20.0. The average Bonchev–Trinajstić information content (AvgIpc) is 3.03. The number of aldehydes is 1. The van der Waals surface area contributed by atoms with Gasteiger partial charge in [-0.15, -0.1) is 0 Å². The van der Waals surface area contributed by atoms with E-state index in [1.807, 2.05) is 0 Å². The number of hydrogen-bond donors (Lipinski definition) is 4. The summed E-state index contributed by atoms with van der Waals surface area (Å²) in [6, 6.07) is 0. The summed E-state index contributed by atoms with van der Waals surface area (Å²) in [4.78, 5) is 9.28. The Kier molecular flexibility index (Phi) is 45.4. The maximum atomic E-state index is 9.28. The van der Waals surface area contributed by atoms with E-state index < -0.39 is 8.32 Å². The van der Waals surface area contributed by atoms with Gasteiger partial charge in [-0.2, -0.15) is 0 Å². The number of carbonyl (C=O) groups is 1. The second kappa shape index (κ2) is 41.8.